The van der Waals surface area contributed by atoms with E-state index in [4.69, 9.17) is 26.1 Å². The summed E-state index contributed by atoms with van der Waals surface area (Å²) >= 11 is 16.7. The molecular formula is C28H25Br3ClN3O3. The van der Waals surface area contributed by atoms with Crippen molar-refractivity contribution in [2.24, 2.45) is 5.10 Å². The minimum absolute atomic E-state index is 0.0331. The third kappa shape index (κ3) is 6.33. The van der Waals surface area contributed by atoms with Gasteiger partial charge in [-0.05, 0) is 87.2 Å². The second-order valence-electron chi connectivity index (χ2n) is 8.57. The summed E-state index contributed by atoms with van der Waals surface area (Å²) in [5, 5.41) is 5.76. The first-order valence-electron chi connectivity index (χ1n) is 12.0. The van der Waals surface area contributed by atoms with Crippen molar-refractivity contribution in [3.8, 4) is 11.5 Å². The highest BCUT2D eigenvalue weighted by molar-refractivity contribution is 9.13. The highest BCUT2D eigenvalue weighted by Gasteiger charge is 2.19. The summed E-state index contributed by atoms with van der Waals surface area (Å²) in [6.45, 7) is 6.78. The average Bonchev–Trinajstić information content (AvgIpc) is 2.91. The van der Waals surface area contributed by atoms with Crippen molar-refractivity contribution in [1.29, 1.82) is 0 Å². The predicted molar refractivity (Wildman–Crippen MR) is 164 cm³/mol. The number of hydrogen-bond donors (Lipinski definition) is 0. The number of nitrogens with zero attached hydrogens (tertiary/aromatic N) is 3. The van der Waals surface area contributed by atoms with E-state index in [9.17, 15) is 4.79 Å². The molecule has 0 aliphatic carbocycles. The van der Waals surface area contributed by atoms with Gasteiger partial charge in [-0.3, -0.25) is 4.79 Å². The smallest absolute Gasteiger partial charge is 0.282 e. The van der Waals surface area contributed by atoms with E-state index in [0.717, 1.165) is 16.5 Å². The second kappa shape index (κ2) is 12.8. The first kappa shape index (κ1) is 28.8. The normalized spacial score (nSPS) is 12.3. The Hall–Kier alpha value is -2.20. The van der Waals surface area contributed by atoms with Crippen molar-refractivity contribution in [2.75, 3.05) is 6.61 Å². The molecule has 1 aromatic heterocycles. The molecule has 38 heavy (non-hydrogen) atoms. The van der Waals surface area contributed by atoms with Gasteiger partial charge in [-0.1, -0.05) is 53.5 Å². The van der Waals surface area contributed by atoms with Gasteiger partial charge in [0.15, 0.2) is 11.5 Å². The molecule has 0 N–H and O–H groups in total. The van der Waals surface area contributed by atoms with Crippen LogP contribution in [0.3, 0.4) is 0 Å². The van der Waals surface area contributed by atoms with Crippen molar-refractivity contribution < 1.29 is 9.47 Å². The molecule has 0 saturated heterocycles. The van der Waals surface area contributed by atoms with Crippen LogP contribution in [-0.2, 0) is 6.61 Å². The second-order valence-corrected chi connectivity index (χ2v) is 11.5. The Morgan fingerprint density at radius 2 is 1.79 bits per heavy atom. The molecule has 0 aliphatic heterocycles. The van der Waals surface area contributed by atoms with Crippen molar-refractivity contribution in [3.05, 3.63) is 94.3 Å². The fourth-order valence-electron chi connectivity index (χ4n) is 3.73. The molecular weight excluding hydrogens is 701 g/mol. The van der Waals surface area contributed by atoms with Crippen LogP contribution in [0.25, 0.3) is 10.9 Å². The fourth-order valence-corrected chi connectivity index (χ4v) is 5.15. The van der Waals surface area contributed by atoms with E-state index in [-0.39, 0.29) is 11.5 Å². The Balaban J connectivity index is 1.76. The standard InChI is InChI=1S/C28H25Br3ClN3O3/c1-4-16(3)27-34-22-11-8-19(29)13-21(22)28(36)35(27)33-14-18-12-23(37-5-2)26(25(31)24(18)30)38-15-17-6-9-20(32)10-7-17/h6-14,16H,4-5,15H2,1-3H3/t16-/m0/s1. The van der Waals surface area contributed by atoms with Gasteiger partial charge in [0.05, 0.1) is 28.2 Å². The monoisotopic (exact) mass is 723 g/mol. The van der Waals surface area contributed by atoms with E-state index >= 15 is 0 Å². The Morgan fingerprint density at radius 1 is 1.05 bits per heavy atom. The molecule has 0 saturated carbocycles. The van der Waals surface area contributed by atoms with E-state index in [1.54, 1.807) is 12.3 Å². The molecule has 0 amide bonds. The first-order valence-corrected chi connectivity index (χ1v) is 14.8. The molecule has 4 aromatic rings. The number of halogens is 4. The largest absolute Gasteiger partial charge is 0.490 e. The molecule has 0 bridgehead atoms. The van der Waals surface area contributed by atoms with Crippen LogP contribution < -0.4 is 15.0 Å². The van der Waals surface area contributed by atoms with Gasteiger partial charge in [-0.15, -0.1) is 0 Å². The summed E-state index contributed by atoms with van der Waals surface area (Å²) in [7, 11) is 0. The summed E-state index contributed by atoms with van der Waals surface area (Å²) in [6.07, 6.45) is 2.44. The molecule has 10 heteroatoms. The van der Waals surface area contributed by atoms with E-state index in [0.29, 0.717) is 61.0 Å². The van der Waals surface area contributed by atoms with Crippen LogP contribution in [0.15, 0.2) is 71.8 Å². The lowest BCUT2D eigenvalue weighted by Gasteiger charge is -2.17. The van der Waals surface area contributed by atoms with Crippen molar-refractivity contribution >= 4 is 76.5 Å². The maximum Gasteiger partial charge on any atom is 0.282 e. The molecule has 1 atom stereocenters. The highest BCUT2D eigenvalue weighted by atomic mass is 79.9. The minimum atomic E-state index is -0.231. The van der Waals surface area contributed by atoms with Gasteiger partial charge < -0.3 is 9.47 Å². The molecule has 3 aromatic carbocycles. The molecule has 0 spiro atoms. The van der Waals surface area contributed by atoms with Gasteiger partial charge in [0, 0.05) is 25.4 Å². The maximum atomic E-state index is 13.5. The van der Waals surface area contributed by atoms with Gasteiger partial charge in [-0.25, -0.2) is 4.98 Å². The van der Waals surface area contributed by atoms with E-state index < -0.39 is 0 Å². The Bertz CT molecular complexity index is 1560. The van der Waals surface area contributed by atoms with Crippen LogP contribution >= 0.6 is 59.4 Å². The predicted octanol–water partition coefficient (Wildman–Crippen LogP) is 8.71. The molecule has 0 aliphatic rings. The van der Waals surface area contributed by atoms with Crippen LogP contribution in [0.1, 0.15) is 50.1 Å². The Morgan fingerprint density at radius 3 is 2.47 bits per heavy atom. The first-order chi connectivity index (χ1) is 18.2. The van der Waals surface area contributed by atoms with Crippen LogP contribution in [0.2, 0.25) is 5.02 Å². The summed E-state index contributed by atoms with van der Waals surface area (Å²) < 4.78 is 15.6. The molecule has 0 radical (unpaired) electrons. The fraction of sp³-hybridized carbons (Fsp3) is 0.250. The highest BCUT2D eigenvalue weighted by Crippen LogP contribution is 2.43. The van der Waals surface area contributed by atoms with Crippen LogP contribution in [0.5, 0.6) is 11.5 Å². The zero-order chi connectivity index (χ0) is 27.4. The SMILES string of the molecule is CCOc1cc(C=Nn2c([C@@H](C)CC)nc3ccc(Br)cc3c2=O)c(Br)c(Br)c1OCc1ccc(Cl)cc1. The lowest BCUT2D eigenvalue weighted by molar-refractivity contribution is 0.267. The molecule has 198 valence electrons. The molecule has 6 nitrogen and oxygen atoms in total. The molecule has 1 heterocycles. The average molecular weight is 727 g/mol. The van der Waals surface area contributed by atoms with Gasteiger partial charge in [0.25, 0.3) is 5.56 Å². The zero-order valence-corrected chi connectivity index (χ0v) is 26.5. The van der Waals surface area contributed by atoms with Crippen LogP contribution in [-0.4, -0.2) is 22.5 Å². The summed E-state index contributed by atoms with van der Waals surface area (Å²) in [5.74, 6) is 1.74. The number of rotatable bonds is 9. The quantitative estimate of drug-likeness (QED) is 0.162. The number of aromatic nitrogens is 2. The van der Waals surface area contributed by atoms with E-state index in [1.807, 2.05) is 56.3 Å². The van der Waals surface area contributed by atoms with Gasteiger partial charge >= 0.3 is 0 Å². The van der Waals surface area contributed by atoms with Crippen LogP contribution in [0.4, 0.5) is 0 Å². The topological polar surface area (TPSA) is 65.7 Å². The Labute approximate surface area is 251 Å². The summed E-state index contributed by atoms with van der Waals surface area (Å²) in [6, 6.07) is 14.8. The van der Waals surface area contributed by atoms with Crippen molar-refractivity contribution in [3.63, 3.8) is 0 Å². The van der Waals surface area contributed by atoms with E-state index in [1.165, 1.54) is 4.68 Å². The third-order valence-corrected chi connectivity index (χ3v) is 8.84. The van der Waals surface area contributed by atoms with Gasteiger partial charge in [0.1, 0.15) is 12.4 Å². The number of fused-ring (bicyclic) bond motifs is 1. The summed E-state index contributed by atoms with van der Waals surface area (Å²) in [5.41, 5.74) is 2.09. The number of hydrogen-bond acceptors (Lipinski definition) is 5. The Kier molecular flexibility index (Phi) is 9.68. The number of benzene rings is 3. The van der Waals surface area contributed by atoms with Crippen molar-refractivity contribution in [2.45, 2.75) is 39.7 Å². The lowest BCUT2D eigenvalue weighted by atomic mass is 10.1. The van der Waals surface area contributed by atoms with Gasteiger partial charge in [-0.2, -0.15) is 9.78 Å². The lowest BCUT2D eigenvalue weighted by Crippen LogP contribution is -2.23. The number of ether oxygens (including phenoxy) is 2. The third-order valence-electron chi connectivity index (χ3n) is 5.95. The molecule has 4 rings (SSSR count). The van der Waals surface area contributed by atoms with Gasteiger partial charge in [0.2, 0.25) is 0 Å². The van der Waals surface area contributed by atoms with Crippen LogP contribution in [0, 0.1) is 0 Å². The van der Waals surface area contributed by atoms with E-state index in [2.05, 4.69) is 59.8 Å². The molecule has 0 unspecified atom stereocenters. The zero-order valence-electron chi connectivity index (χ0n) is 21.0. The summed E-state index contributed by atoms with van der Waals surface area (Å²) in [4.78, 5) is 18.2. The maximum absolute atomic E-state index is 13.5. The molecule has 0 fully saturated rings. The van der Waals surface area contributed by atoms with Crippen molar-refractivity contribution in [1.82, 2.24) is 9.66 Å². The minimum Gasteiger partial charge on any atom is -0.490 e.